The fraction of sp³-hybridized carbons (Fsp3) is 1.00. The van der Waals surface area contributed by atoms with Gasteiger partial charge in [-0.2, -0.15) is 0 Å². The first-order chi connectivity index (χ1) is 7.63. The fourth-order valence-corrected chi connectivity index (χ4v) is 4.01. The van der Waals surface area contributed by atoms with Gasteiger partial charge in [-0.15, -0.1) is 12.4 Å². The standard InChI is InChI=1S/C10H20N2O3S.ClH/c1-15-4-5-16(13,14)12-3-2-9-6-11-7-10(9)8-12;/h9-11H,2-8H2,1H3;1H. The number of methoxy groups -OCH3 is 1. The number of halogens is 1. The molecule has 0 amide bonds. The summed E-state index contributed by atoms with van der Waals surface area (Å²) in [4.78, 5) is 0. The summed E-state index contributed by atoms with van der Waals surface area (Å²) in [6, 6.07) is 0. The molecule has 17 heavy (non-hydrogen) atoms. The third-order valence-electron chi connectivity index (χ3n) is 3.61. The van der Waals surface area contributed by atoms with E-state index < -0.39 is 10.0 Å². The molecule has 0 aromatic carbocycles. The van der Waals surface area contributed by atoms with Crippen LogP contribution in [0.2, 0.25) is 0 Å². The molecule has 2 heterocycles. The third kappa shape index (κ3) is 3.54. The number of hydrogen-bond donors (Lipinski definition) is 1. The number of nitrogens with zero attached hydrogens (tertiary/aromatic N) is 1. The molecule has 0 radical (unpaired) electrons. The van der Waals surface area contributed by atoms with E-state index in [1.807, 2.05) is 0 Å². The van der Waals surface area contributed by atoms with Crippen LogP contribution in [-0.4, -0.2) is 58.4 Å². The van der Waals surface area contributed by atoms with Crippen molar-refractivity contribution in [3.05, 3.63) is 0 Å². The van der Waals surface area contributed by atoms with Crippen LogP contribution in [0.3, 0.4) is 0 Å². The molecule has 2 saturated heterocycles. The summed E-state index contributed by atoms with van der Waals surface area (Å²) in [5, 5.41) is 3.33. The SMILES string of the molecule is COCCS(=O)(=O)N1CCC2CNCC2C1.Cl. The van der Waals surface area contributed by atoms with Gasteiger partial charge < -0.3 is 10.1 Å². The Kier molecular flexibility index (Phi) is 5.66. The first kappa shape index (κ1) is 15.2. The molecule has 7 heteroatoms. The second kappa shape index (κ2) is 6.33. The molecule has 2 aliphatic rings. The minimum atomic E-state index is -3.10. The highest BCUT2D eigenvalue weighted by molar-refractivity contribution is 7.89. The highest BCUT2D eigenvalue weighted by Gasteiger charge is 2.36. The van der Waals surface area contributed by atoms with E-state index in [9.17, 15) is 8.42 Å². The third-order valence-corrected chi connectivity index (χ3v) is 5.41. The van der Waals surface area contributed by atoms with Crippen molar-refractivity contribution in [2.75, 3.05) is 45.6 Å². The number of nitrogens with one attached hydrogen (secondary N) is 1. The molecule has 0 aromatic heterocycles. The fourth-order valence-electron chi connectivity index (χ4n) is 2.57. The number of sulfonamides is 1. The predicted molar refractivity (Wildman–Crippen MR) is 69.0 cm³/mol. The minimum Gasteiger partial charge on any atom is -0.384 e. The maximum atomic E-state index is 12.0. The Bertz CT molecular complexity index is 336. The van der Waals surface area contributed by atoms with Crippen LogP contribution in [-0.2, 0) is 14.8 Å². The summed E-state index contributed by atoms with van der Waals surface area (Å²) in [6.07, 6.45) is 0.990. The summed E-state index contributed by atoms with van der Waals surface area (Å²) in [5.74, 6) is 1.29. The molecule has 2 fully saturated rings. The van der Waals surface area contributed by atoms with E-state index in [0.29, 0.717) is 24.9 Å². The van der Waals surface area contributed by atoms with Crippen molar-refractivity contribution in [2.24, 2.45) is 11.8 Å². The van der Waals surface area contributed by atoms with E-state index in [1.54, 1.807) is 4.31 Å². The van der Waals surface area contributed by atoms with E-state index >= 15 is 0 Å². The number of ether oxygens (including phenoxy) is 1. The lowest BCUT2D eigenvalue weighted by Crippen LogP contribution is -2.44. The molecule has 2 aliphatic heterocycles. The van der Waals surface area contributed by atoms with Crippen LogP contribution >= 0.6 is 12.4 Å². The summed E-state index contributed by atoms with van der Waals surface area (Å²) < 4.78 is 30.4. The Morgan fingerprint density at radius 3 is 2.76 bits per heavy atom. The Morgan fingerprint density at radius 1 is 1.35 bits per heavy atom. The number of rotatable bonds is 4. The minimum absolute atomic E-state index is 0. The number of hydrogen-bond acceptors (Lipinski definition) is 4. The summed E-state index contributed by atoms with van der Waals surface area (Å²) in [6.45, 7) is 3.65. The molecule has 0 spiro atoms. The predicted octanol–water partition coefficient (Wildman–Crippen LogP) is -0.0743. The van der Waals surface area contributed by atoms with Crippen LogP contribution in [0.1, 0.15) is 6.42 Å². The Hall–Kier alpha value is 0.120. The van der Waals surface area contributed by atoms with Gasteiger partial charge in [-0.05, 0) is 31.3 Å². The van der Waals surface area contributed by atoms with Crippen molar-refractivity contribution in [3.63, 3.8) is 0 Å². The van der Waals surface area contributed by atoms with Crippen LogP contribution in [0.25, 0.3) is 0 Å². The average Bonchev–Trinajstić information content (AvgIpc) is 2.73. The molecule has 2 rings (SSSR count). The second-order valence-corrected chi connectivity index (χ2v) is 6.72. The summed E-state index contributed by atoms with van der Waals surface area (Å²) in [7, 11) is -1.57. The monoisotopic (exact) mass is 284 g/mol. The van der Waals surface area contributed by atoms with Crippen LogP contribution in [0, 0.1) is 11.8 Å². The zero-order chi connectivity index (χ0) is 11.6. The molecule has 0 aromatic rings. The van der Waals surface area contributed by atoms with Crippen molar-refractivity contribution < 1.29 is 13.2 Å². The van der Waals surface area contributed by atoms with Crippen molar-refractivity contribution in [2.45, 2.75) is 6.42 Å². The Morgan fingerprint density at radius 2 is 2.06 bits per heavy atom. The molecular weight excluding hydrogens is 264 g/mol. The lowest BCUT2D eigenvalue weighted by Gasteiger charge is -2.33. The first-order valence-electron chi connectivity index (χ1n) is 5.81. The van der Waals surface area contributed by atoms with Crippen LogP contribution in [0.15, 0.2) is 0 Å². The van der Waals surface area contributed by atoms with Gasteiger partial charge in [0.25, 0.3) is 0 Å². The van der Waals surface area contributed by atoms with E-state index in [2.05, 4.69) is 5.32 Å². The highest BCUT2D eigenvalue weighted by Crippen LogP contribution is 2.27. The van der Waals surface area contributed by atoms with Gasteiger partial charge in [0.15, 0.2) is 0 Å². The molecule has 5 nitrogen and oxygen atoms in total. The summed E-state index contributed by atoms with van der Waals surface area (Å²) >= 11 is 0. The Balaban J connectivity index is 0.00000144. The van der Waals surface area contributed by atoms with Crippen molar-refractivity contribution in [1.29, 1.82) is 0 Å². The largest absolute Gasteiger partial charge is 0.384 e. The molecule has 102 valence electrons. The van der Waals surface area contributed by atoms with Crippen LogP contribution < -0.4 is 5.32 Å². The first-order valence-corrected chi connectivity index (χ1v) is 7.42. The zero-order valence-electron chi connectivity index (χ0n) is 10.1. The van der Waals surface area contributed by atoms with Crippen molar-refractivity contribution in [3.8, 4) is 0 Å². The molecular formula is C10H21ClN2O3S. The van der Waals surface area contributed by atoms with Gasteiger partial charge in [-0.25, -0.2) is 12.7 Å². The van der Waals surface area contributed by atoms with Gasteiger partial charge >= 0.3 is 0 Å². The van der Waals surface area contributed by atoms with E-state index in [4.69, 9.17) is 4.74 Å². The molecule has 2 atom stereocenters. The van der Waals surface area contributed by atoms with E-state index in [1.165, 1.54) is 7.11 Å². The van der Waals surface area contributed by atoms with Gasteiger partial charge in [0.2, 0.25) is 10.0 Å². The number of piperidine rings is 1. The van der Waals surface area contributed by atoms with Gasteiger partial charge in [0, 0.05) is 20.2 Å². The maximum Gasteiger partial charge on any atom is 0.216 e. The van der Waals surface area contributed by atoms with Gasteiger partial charge in [-0.3, -0.25) is 0 Å². The van der Waals surface area contributed by atoms with Gasteiger partial charge in [-0.1, -0.05) is 0 Å². The zero-order valence-corrected chi connectivity index (χ0v) is 11.7. The van der Waals surface area contributed by atoms with Gasteiger partial charge in [0.05, 0.1) is 12.4 Å². The van der Waals surface area contributed by atoms with Gasteiger partial charge in [0.1, 0.15) is 0 Å². The molecule has 0 aliphatic carbocycles. The Labute approximate surface area is 109 Å². The summed E-state index contributed by atoms with van der Waals surface area (Å²) in [5.41, 5.74) is 0. The van der Waals surface area contributed by atoms with E-state index in [-0.39, 0.29) is 24.8 Å². The normalized spacial score (nSPS) is 29.7. The molecule has 0 saturated carbocycles. The van der Waals surface area contributed by atoms with Crippen molar-refractivity contribution >= 4 is 22.4 Å². The maximum absolute atomic E-state index is 12.0. The van der Waals surface area contributed by atoms with Crippen LogP contribution in [0.4, 0.5) is 0 Å². The molecule has 1 N–H and O–H groups in total. The molecule has 0 bridgehead atoms. The average molecular weight is 285 g/mol. The highest BCUT2D eigenvalue weighted by atomic mass is 35.5. The quantitative estimate of drug-likeness (QED) is 0.785. The van der Waals surface area contributed by atoms with Crippen LogP contribution in [0.5, 0.6) is 0 Å². The topological polar surface area (TPSA) is 58.6 Å². The lowest BCUT2D eigenvalue weighted by atomic mass is 9.90. The van der Waals surface area contributed by atoms with Crippen molar-refractivity contribution in [1.82, 2.24) is 9.62 Å². The lowest BCUT2D eigenvalue weighted by molar-refractivity contribution is 0.207. The molecule has 2 unspecified atom stereocenters. The second-order valence-electron chi connectivity index (χ2n) is 4.63. The smallest absolute Gasteiger partial charge is 0.216 e. The number of fused-ring (bicyclic) bond motifs is 1. The van der Waals surface area contributed by atoms with E-state index in [0.717, 1.165) is 19.5 Å².